The summed E-state index contributed by atoms with van der Waals surface area (Å²) in [5.74, 6) is 0.771. The van der Waals surface area contributed by atoms with Gasteiger partial charge in [-0.3, -0.25) is 4.68 Å². The lowest BCUT2D eigenvalue weighted by molar-refractivity contribution is 0.160. The molecule has 0 saturated carbocycles. The molecule has 130 valence electrons. The SMILES string of the molecule is O=S(=O)(CCCN1CCC[C@H](Cn2cncn2)C1)c1ccccc1. The van der Waals surface area contributed by atoms with Crippen molar-refractivity contribution in [1.29, 1.82) is 0 Å². The summed E-state index contributed by atoms with van der Waals surface area (Å²) >= 11 is 0. The number of sulfone groups is 1. The van der Waals surface area contributed by atoms with Crippen LogP contribution in [-0.2, 0) is 16.4 Å². The van der Waals surface area contributed by atoms with Crippen LogP contribution in [0.4, 0.5) is 0 Å². The third kappa shape index (κ3) is 4.64. The van der Waals surface area contributed by atoms with Crippen LogP contribution in [0.1, 0.15) is 19.3 Å². The zero-order valence-corrected chi connectivity index (χ0v) is 14.6. The molecular weight excluding hydrogens is 324 g/mol. The van der Waals surface area contributed by atoms with Gasteiger partial charge in [0.05, 0.1) is 10.6 Å². The van der Waals surface area contributed by atoms with Gasteiger partial charge in [-0.25, -0.2) is 13.4 Å². The molecule has 0 amide bonds. The van der Waals surface area contributed by atoms with Crippen molar-refractivity contribution in [1.82, 2.24) is 19.7 Å². The maximum absolute atomic E-state index is 12.3. The van der Waals surface area contributed by atoms with E-state index < -0.39 is 9.84 Å². The van der Waals surface area contributed by atoms with Gasteiger partial charge < -0.3 is 4.90 Å². The van der Waals surface area contributed by atoms with Crippen molar-refractivity contribution in [3.05, 3.63) is 43.0 Å². The molecule has 2 aromatic rings. The highest BCUT2D eigenvalue weighted by Crippen LogP contribution is 2.19. The molecule has 1 saturated heterocycles. The number of nitrogens with zero attached hydrogens (tertiary/aromatic N) is 4. The summed E-state index contributed by atoms with van der Waals surface area (Å²) in [6, 6.07) is 8.72. The average Bonchev–Trinajstić information content (AvgIpc) is 3.09. The number of hydrogen-bond acceptors (Lipinski definition) is 5. The highest BCUT2D eigenvalue weighted by Gasteiger charge is 2.21. The van der Waals surface area contributed by atoms with Crippen molar-refractivity contribution in [3.8, 4) is 0 Å². The van der Waals surface area contributed by atoms with Crippen molar-refractivity contribution < 1.29 is 8.42 Å². The van der Waals surface area contributed by atoms with Crippen LogP contribution >= 0.6 is 0 Å². The Morgan fingerprint density at radius 2 is 2.04 bits per heavy atom. The molecule has 24 heavy (non-hydrogen) atoms. The van der Waals surface area contributed by atoms with Gasteiger partial charge in [-0.2, -0.15) is 5.10 Å². The average molecular weight is 348 g/mol. The van der Waals surface area contributed by atoms with E-state index in [2.05, 4.69) is 15.0 Å². The Hall–Kier alpha value is -1.73. The van der Waals surface area contributed by atoms with Crippen LogP contribution < -0.4 is 0 Å². The summed E-state index contributed by atoms with van der Waals surface area (Å²) in [6.45, 7) is 3.78. The second-order valence-electron chi connectivity index (χ2n) is 6.41. The first kappa shape index (κ1) is 17.1. The highest BCUT2D eigenvalue weighted by molar-refractivity contribution is 7.91. The topological polar surface area (TPSA) is 68.1 Å². The Morgan fingerprint density at radius 3 is 2.79 bits per heavy atom. The molecule has 7 heteroatoms. The third-order valence-corrected chi connectivity index (χ3v) is 6.32. The van der Waals surface area contributed by atoms with Crippen LogP contribution in [0.15, 0.2) is 47.9 Å². The molecule has 1 aliphatic heterocycles. The summed E-state index contributed by atoms with van der Waals surface area (Å²) in [7, 11) is -3.16. The lowest BCUT2D eigenvalue weighted by atomic mass is 9.98. The van der Waals surface area contributed by atoms with Gasteiger partial charge in [0, 0.05) is 13.1 Å². The van der Waals surface area contributed by atoms with Gasteiger partial charge in [-0.05, 0) is 50.4 Å². The van der Waals surface area contributed by atoms with E-state index in [1.54, 1.807) is 36.9 Å². The first-order valence-corrected chi connectivity index (χ1v) is 10.1. The van der Waals surface area contributed by atoms with E-state index in [1.807, 2.05) is 10.7 Å². The number of aromatic nitrogens is 3. The van der Waals surface area contributed by atoms with E-state index in [9.17, 15) is 8.42 Å². The molecule has 6 nitrogen and oxygen atoms in total. The van der Waals surface area contributed by atoms with Crippen molar-refractivity contribution in [3.63, 3.8) is 0 Å². The molecular formula is C17H24N4O2S. The van der Waals surface area contributed by atoms with Crippen molar-refractivity contribution in [2.45, 2.75) is 30.7 Å². The van der Waals surface area contributed by atoms with Crippen molar-refractivity contribution in [2.75, 3.05) is 25.4 Å². The lowest BCUT2D eigenvalue weighted by Crippen LogP contribution is -2.38. The molecule has 3 rings (SSSR count). The van der Waals surface area contributed by atoms with E-state index >= 15 is 0 Å². The molecule has 1 aromatic carbocycles. The molecule has 0 radical (unpaired) electrons. The number of piperidine rings is 1. The van der Waals surface area contributed by atoms with Crippen LogP contribution in [-0.4, -0.2) is 53.5 Å². The van der Waals surface area contributed by atoms with E-state index in [0.29, 0.717) is 17.2 Å². The number of benzene rings is 1. The molecule has 0 spiro atoms. The van der Waals surface area contributed by atoms with Gasteiger partial charge in [-0.1, -0.05) is 18.2 Å². The maximum Gasteiger partial charge on any atom is 0.178 e. The van der Waals surface area contributed by atoms with Crippen molar-refractivity contribution in [2.24, 2.45) is 5.92 Å². The van der Waals surface area contributed by atoms with Crippen LogP contribution in [0, 0.1) is 5.92 Å². The van der Waals surface area contributed by atoms with Crippen LogP contribution in [0.5, 0.6) is 0 Å². The Morgan fingerprint density at radius 1 is 1.21 bits per heavy atom. The summed E-state index contributed by atoms with van der Waals surface area (Å²) in [6.07, 6.45) is 6.34. The van der Waals surface area contributed by atoms with Gasteiger partial charge in [-0.15, -0.1) is 0 Å². The smallest absolute Gasteiger partial charge is 0.178 e. The third-order valence-electron chi connectivity index (χ3n) is 4.50. The number of hydrogen-bond donors (Lipinski definition) is 0. The summed E-state index contributed by atoms with van der Waals surface area (Å²) < 4.78 is 26.5. The molecule has 2 heterocycles. The van der Waals surface area contributed by atoms with E-state index in [0.717, 1.165) is 32.6 Å². The monoisotopic (exact) mass is 348 g/mol. The van der Waals surface area contributed by atoms with Gasteiger partial charge >= 0.3 is 0 Å². The number of rotatable bonds is 7. The first-order chi connectivity index (χ1) is 11.6. The van der Waals surface area contributed by atoms with E-state index in [1.165, 1.54) is 6.42 Å². The second-order valence-corrected chi connectivity index (χ2v) is 8.52. The van der Waals surface area contributed by atoms with Gasteiger partial charge in [0.25, 0.3) is 0 Å². The minimum atomic E-state index is -3.16. The molecule has 1 fully saturated rings. The zero-order valence-electron chi connectivity index (χ0n) is 13.8. The highest BCUT2D eigenvalue weighted by atomic mass is 32.2. The predicted molar refractivity (Wildman–Crippen MR) is 92.3 cm³/mol. The summed E-state index contributed by atoms with van der Waals surface area (Å²) in [4.78, 5) is 6.79. The fourth-order valence-electron chi connectivity index (χ4n) is 3.32. The quantitative estimate of drug-likeness (QED) is 0.764. The van der Waals surface area contributed by atoms with E-state index in [4.69, 9.17) is 0 Å². The lowest BCUT2D eigenvalue weighted by Gasteiger charge is -2.32. The normalized spacial score (nSPS) is 19.4. The molecule has 1 aliphatic rings. The largest absolute Gasteiger partial charge is 0.303 e. The minimum absolute atomic E-state index is 0.210. The van der Waals surface area contributed by atoms with Gasteiger partial charge in [0.15, 0.2) is 9.84 Å². The van der Waals surface area contributed by atoms with Gasteiger partial charge in [0.2, 0.25) is 0 Å². The maximum atomic E-state index is 12.3. The Labute approximate surface area is 143 Å². The first-order valence-electron chi connectivity index (χ1n) is 8.46. The molecule has 0 aliphatic carbocycles. The Kier molecular flexibility index (Phi) is 5.63. The second kappa shape index (κ2) is 7.90. The van der Waals surface area contributed by atoms with Crippen molar-refractivity contribution >= 4 is 9.84 Å². The molecule has 0 N–H and O–H groups in total. The van der Waals surface area contributed by atoms with E-state index in [-0.39, 0.29) is 5.75 Å². The summed E-state index contributed by atoms with van der Waals surface area (Å²) in [5, 5.41) is 4.17. The Balaban J connectivity index is 1.46. The molecule has 1 aromatic heterocycles. The fourth-order valence-corrected chi connectivity index (χ4v) is 4.64. The molecule has 0 unspecified atom stereocenters. The van der Waals surface area contributed by atoms with Crippen LogP contribution in [0.25, 0.3) is 0 Å². The fraction of sp³-hybridized carbons (Fsp3) is 0.529. The zero-order chi connectivity index (χ0) is 16.8. The number of likely N-dealkylation sites (tertiary alicyclic amines) is 1. The molecule has 1 atom stereocenters. The van der Waals surface area contributed by atoms with Crippen LogP contribution in [0.2, 0.25) is 0 Å². The standard InChI is InChI=1S/C17H24N4O2S/c22-24(23,17-7-2-1-3-8-17)11-5-10-20-9-4-6-16(12-20)13-21-15-18-14-19-21/h1-3,7-8,14-16H,4-6,9-13H2/t16-/m0/s1. The Bertz CT molecular complexity index is 716. The molecule has 0 bridgehead atoms. The van der Waals surface area contributed by atoms with Gasteiger partial charge in [0.1, 0.15) is 12.7 Å². The minimum Gasteiger partial charge on any atom is -0.303 e. The summed E-state index contributed by atoms with van der Waals surface area (Å²) in [5.41, 5.74) is 0. The van der Waals surface area contributed by atoms with Crippen LogP contribution in [0.3, 0.4) is 0 Å². The predicted octanol–water partition coefficient (Wildman–Crippen LogP) is 1.85.